The van der Waals surface area contributed by atoms with Gasteiger partial charge < -0.3 is 20.2 Å². The highest BCUT2D eigenvalue weighted by molar-refractivity contribution is 5.79. The fraction of sp³-hybridized carbons (Fsp3) is 0.560. The van der Waals surface area contributed by atoms with E-state index in [0.717, 1.165) is 57.4 Å². The third-order valence-electron chi connectivity index (χ3n) is 6.40. The van der Waals surface area contributed by atoms with Crippen molar-refractivity contribution in [1.82, 2.24) is 20.4 Å². The normalized spacial score (nSPS) is 19.5. The van der Waals surface area contributed by atoms with E-state index in [1.807, 2.05) is 6.07 Å². The smallest absolute Gasteiger partial charge is 0.191 e. The van der Waals surface area contributed by atoms with E-state index >= 15 is 0 Å². The molecule has 7 nitrogen and oxygen atoms in total. The van der Waals surface area contributed by atoms with Crippen molar-refractivity contribution in [2.24, 2.45) is 4.99 Å². The summed E-state index contributed by atoms with van der Waals surface area (Å²) < 4.78 is 5.72. The molecule has 1 fully saturated rings. The first-order chi connectivity index (χ1) is 15.7. The number of benzene rings is 1. The molecule has 3 heterocycles. The molecule has 2 unspecified atom stereocenters. The van der Waals surface area contributed by atoms with E-state index in [-0.39, 0.29) is 6.04 Å². The van der Waals surface area contributed by atoms with E-state index in [1.54, 1.807) is 6.26 Å². The van der Waals surface area contributed by atoms with Crippen LogP contribution in [0.5, 0.6) is 0 Å². The number of nitrogens with zero attached hydrogens (tertiary/aromatic N) is 3. The minimum Gasteiger partial charge on any atom is -0.468 e. The van der Waals surface area contributed by atoms with E-state index in [1.165, 1.54) is 24.0 Å². The lowest BCUT2D eigenvalue weighted by Crippen LogP contribution is -2.43. The number of rotatable bonds is 9. The number of hydrogen-bond donors (Lipinski definition) is 3. The number of fused-ring (bicyclic) bond motifs is 1. The second-order valence-electron chi connectivity index (χ2n) is 8.78. The number of nitrogens with one attached hydrogen (secondary N) is 2. The fourth-order valence-electron chi connectivity index (χ4n) is 4.74. The van der Waals surface area contributed by atoms with Crippen LogP contribution in [-0.4, -0.2) is 72.8 Å². The van der Waals surface area contributed by atoms with Gasteiger partial charge in [0.15, 0.2) is 5.96 Å². The van der Waals surface area contributed by atoms with E-state index in [0.29, 0.717) is 13.1 Å². The molecule has 1 aromatic carbocycles. The Morgan fingerprint density at radius 2 is 1.91 bits per heavy atom. The molecule has 2 aromatic rings. The molecule has 1 aromatic heterocycles. The number of aliphatic hydroxyl groups is 1. The summed E-state index contributed by atoms with van der Waals surface area (Å²) in [6.45, 7) is 8.65. The summed E-state index contributed by atoms with van der Waals surface area (Å²) in [6, 6.07) is 12.8. The topological polar surface area (TPSA) is 76.3 Å². The van der Waals surface area contributed by atoms with Gasteiger partial charge in [0, 0.05) is 32.7 Å². The van der Waals surface area contributed by atoms with Crippen LogP contribution < -0.4 is 10.6 Å². The quantitative estimate of drug-likeness (QED) is 0.412. The average molecular weight is 440 g/mol. The summed E-state index contributed by atoms with van der Waals surface area (Å²) in [6.07, 6.45) is 4.76. The van der Waals surface area contributed by atoms with Gasteiger partial charge in [-0.05, 0) is 62.5 Å². The Labute approximate surface area is 191 Å². The standard InChI is InChI=1S/C25H37N5O2/c1-2-26-25(28-17-23(24-10-7-15-32-24)30-12-5-6-13-30)27-16-22(31)19-29-14-11-20-8-3-4-9-21(20)18-29/h3-4,7-10,15,22-23,31H,2,5-6,11-14,16-19H2,1H3,(H2,26,27,28). The Hall–Kier alpha value is -2.35. The van der Waals surface area contributed by atoms with Crippen molar-refractivity contribution in [1.29, 1.82) is 0 Å². The van der Waals surface area contributed by atoms with Gasteiger partial charge in [0.05, 0.1) is 25.0 Å². The van der Waals surface area contributed by atoms with Crippen LogP contribution in [-0.2, 0) is 13.0 Å². The van der Waals surface area contributed by atoms with Crippen molar-refractivity contribution in [3.8, 4) is 0 Å². The second-order valence-corrected chi connectivity index (χ2v) is 8.78. The molecule has 2 aliphatic rings. The number of likely N-dealkylation sites (tertiary alicyclic amines) is 1. The molecular weight excluding hydrogens is 402 g/mol. The molecule has 2 atom stereocenters. The molecular formula is C25H37N5O2. The third-order valence-corrected chi connectivity index (χ3v) is 6.40. The van der Waals surface area contributed by atoms with Gasteiger partial charge in [0.1, 0.15) is 5.76 Å². The first-order valence-electron chi connectivity index (χ1n) is 12.0. The van der Waals surface area contributed by atoms with Crippen LogP contribution in [0.25, 0.3) is 0 Å². The minimum atomic E-state index is -0.491. The van der Waals surface area contributed by atoms with Crippen LogP contribution in [0.3, 0.4) is 0 Å². The van der Waals surface area contributed by atoms with Gasteiger partial charge >= 0.3 is 0 Å². The number of β-amino-alcohol motifs (C(OH)–C–C–N with tert-alkyl or cyclic N) is 1. The Bertz CT molecular complexity index is 848. The van der Waals surface area contributed by atoms with Gasteiger partial charge in [-0.25, -0.2) is 0 Å². The lowest BCUT2D eigenvalue weighted by atomic mass is 10.00. The van der Waals surface area contributed by atoms with Crippen LogP contribution in [0.1, 0.15) is 42.7 Å². The van der Waals surface area contributed by atoms with Crippen molar-refractivity contribution < 1.29 is 9.52 Å². The van der Waals surface area contributed by atoms with Crippen molar-refractivity contribution >= 4 is 5.96 Å². The van der Waals surface area contributed by atoms with E-state index < -0.39 is 6.10 Å². The predicted molar refractivity (Wildman–Crippen MR) is 128 cm³/mol. The van der Waals surface area contributed by atoms with Crippen LogP contribution in [0, 0.1) is 0 Å². The van der Waals surface area contributed by atoms with Gasteiger partial charge in [-0.1, -0.05) is 24.3 Å². The summed E-state index contributed by atoms with van der Waals surface area (Å²) in [4.78, 5) is 9.46. The molecule has 3 N–H and O–H groups in total. The molecule has 7 heteroatoms. The van der Waals surface area contributed by atoms with Crippen LogP contribution in [0.4, 0.5) is 0 Å². The van der Waals surface area contributed by atoms with Gasteiger partial charge in [-0.2, -0.15) is 0 Å². The number of hydrogen-bond acceptors (Lipinski definition) is 5. The maximum atomic E-state index is 10.6. The van der Waals surface area contributed by atoms with Crippen LogP contribution in [0.15, 0.2) is 52.1 Å². The summed E-state index contributed by atoms with van der Waals surface area (Å²) in [5, 5.41) is 17.4. The van der Waals surface area contributed by atoms with Gasteiger partial charge in [-0.15, -0.1) is 0 Å². The molecule has 4 rings (SSSR count). The molecule has 0 radical (unpaired) electrons. The highest BCUT2D eigenvalue weighted by Crippen LogP contribution is 2.25. The fourth-order valence-corrected chi connectivity index (χ4v) is 4.74. The number of furan rings is 1. The van der Waals surface area contributed by atoms with E-state index in [9.17, 15) is 5.11 Å². The lowest BCUT2D eigenvalue weighted by Gasteiger charge is -2.30. The molecule has 174 valence electrons. The largest absolute Gasteiger partial charge is 0.468 e. The monoisotopic (exact) mass is 439 g/mol. The van der Waals surface area contributed by atoms with Gasteiger partial charge in [0.2, 0.25) is 0 Å². The summed E-state index contributed by atoms with van der Waals surface area (Å²) in [5.74, 6) is 1.73. The maximum absolute atomic E-state index is 10.6. The SMILES string of the molecule is CCNC(=NCC(O)CN1CCc2ccccc2C1)NCC(c1ccco1)N1CCCC1. The number of aliphatic hydroxyl groups excluding tert-OH is 1. The molecule has 0 amide bonds. The Morgan fingerprint density at radius 1 is 1.09 bits per heavy atom. The van der Waals surface area contributed by atoms with Gasteiger partial charge in [-0.3, -0.25) is 14.8 Å². The highest BCUT2D eigenvalue weighted by atomic mass is 16.3. The van der Waals surface area contributed by atoms with Crippen molar-refractivity contribution in [2.75, 3.05) is 45.8 Å². The average Bonchev–Trinajstić information content (AvgIpc) is 3.53. The highest BCUT2D eigenvalue weighted by Gasteiger charge is 2.25. The molecule has 0 bridgehead atoms. The maximum Gasteiger partial charge on any atom is 0.191 e. The predicted octanol–water partition coefficient (Wildman–Crippen LogP) is 2.39. The number of guanidine groups is 1. The Morgan fingerprint density at radius 3 is 2.66 bits per heavy atom. The molecule has 1 saturated heterocycles. The van der Waals surface area contributed by atoms with E-state index in [2.05, 4.69) is 62.7 Å². The third kappa shape index (κ3) is 6.12. The van der Waals surface area contributed by atoms with Crippen molar-refractivity contribution in [3.05, 3.63) is 59.5 Å². The summed E-state index contributed by atoms with van der Waals surface area (Å²) in [7, 11) is 0. The molecule has 0 saturated carbocycles. The van der Waals surface area contributed by atoms with E-state index in [4.69, 9.17) is 4.42 Å². The second kappa shape index (κ2) is 11.5. The van der Waals surface area contributed by atoms with Crippen LogP contribution >= 0.6 is 0 Å². The van der Waals surface area contributed by atoms with Crippen molar-refractivity contribution in [3.63, 3.8) is 0 Å². The Balaban J connectivity index is 1.30. The molecule has 2 aliphatic heterocycles. The summed E-state index contributed by atoms with van der Waals surface area (Å²) >= 11 is 0. The molecule has 32 heavy (non-hydrogen) atoms. The summed E-state index contributed by atoms with van der Waals surface area (Å²) in [5.41, 5.74) is 2.80. The molecule has 0 spiro atoms. The van der Waals surface area contributed by atoms with Crippen LogP contribution in [0.2, 0.25) is 0 Å². The Kier molecular flexibility index (Phi) is 8.20. The first kappa shape index (κ1) is 22.8. The van der Waals surface area contributed by atoms with Gasteiger partial charge in [0.25, 0.3) is 0 Å². The van der Waals surface area contributed by atoms with Crippen molar-refractivity contribution in [2.45, 2.75) is 44.9 Å². The zero-order chi connectivity index (χ0) is 22.2. The number of aliphatic imine (C=N–C) groups is 1. The lowest BCUT2D eigenvalue weighted by molar-refractivity contribution is 0.111. The zero-order valence-electron chi connectivity index (χ0n) is 19.2. The first-order valence-corrected chi connectivity index (χ1v) is 12.0. The molecule has 0 aliphatic carbocycles. The minimum absolute atomic E-state index is 0.190. The zero-order valence-corrected chi connectivity index (χ0v) is 19.2.